The number of hydrogen-bond acceptors (Lipinski definition) is 3. The summed E-state index contributed by atoms with van der Waals surface area (Å²) >= 11 is 0. The lowest BCUT2D eigenvalue weighted by atomic mass is 9.96. The summed E-state index contributed by atoms with van der Waals surface area (Å²) in [7, 11) is 0. The van der Waals surface area contributed by atoms with Gasteiger partial charge in [0.05, 0.1) is 11.8 Å². The van der Waals surface area contributed by atoms with Crippen LogP contribution in [0.25, 0.3) is 0 Å². The molecule has 3 rings (SSSR count). The van der Waals surface area contributed by atoms with Crippen LogP contribution in [0.3, 0.4) is 0 Å². The molecule has 0 saturated heterocycles. The van der Waals surface area contributed by atoms with Gasteiger partial charge < -0.3 is 10.5 Å². The third kappa shape index (κ3) is 2.27. The SMILES string of the molecule is Cc1cc(C)c(O)c(C2=NN[C@H](c3ccccc3)C2)c1. The summed E-state index contributed by atoms with van der Waals surface area (Å²) in [4.78, 5) is 0. The number of hydrogen-bond donors (Lipinski definition) is 2. The summed E-state index contributed by atoms with van der Waals surface area (Å²) in [5, 5.41) is 14.6. The van der Waals surface area contributed by atoms with E-state index in [1.807, 2.05) is 44.2 Å². The summed E-state index contributed by atoms with van der Waals surface area (Å²) in [6.07, 6.45) is 0.792. The molecule has 2 aromatic rings. The van der Waals surface area contributed by atoms with Crippen molar-refractivity contribution < 1.29 is 5.11 Å². The topological polar surface area (TPSA) is 44.6 Å². The molecular weight excluding hydrogens is 248 g/mol. The van der Waals surface area contributed by atoms with Crippen LogP contribution in [-0.4, -0.2) is 10.8 Å². The number of nitrogens with zero attached hydrogens (tertiary/aromatic N) is 1. The summed E-state index contributed by atoms with van der Waals surface area (Å²) in [5.41, 5.74) is 8.18. The number of phenols is 1. The van der Waals surface area contributed by atoms with Crippen molar-refractivity contribution in [3.63, 3.8) is 0 Å². The normalized spacial score (nSPS) is 17.7. The molecule has 3 nitrogen and oxygen atoms in total. The van der Waals surface area contributed by atoms with E-state index in [9.17, 15) is 5.11 Å². The van der Waals surface area contributed by atoms with Crippen LogP contribution in [0.4, 0.5) is 0 Å². The Morgan fingerprint density at radius 3 is 2.65 bits per heavy atom. The van der Waals surface area contributed by atoms with Crippen LogP contribution in [0.2, 0.25) is 0 Å². The molecular formula is C17H18N2O. The van der Waals surface area contributed by atoms with Gasteiger partial charge in [-0.3, -0.25) is 0 Å². The number of phenolic OH excluding ortho intramolecular Hbond substituents is 1. The van der Waals surface area contributed by atoms with Crippen molar-refractivity contribution in [2.45, 2.75) is 26.3 Å². The molecule has 0 fully saturated rings. The Morgan fingerprint density at radius 2 is 1.90 bits per heavy atom. The molecule has 0 radical (unpaired) electrons. The van der Waals surface area contributed by atoms with Crippen molar-refractivity contribution in [3.8, 4) is 5.75 Å². The van der Waals surface area contributed by atoms with E-state index in [-0.39, 0.29) is 6.04 Å². The van der Waals surface area contributed by atoms with Crippen LogP contribution in [0.1, 0.15) is 34.7 Å². The maximum atomic E-state index is 10.2. The molecule has 102 valence electrons. The lowest BCUT2D eigenvalue weighted by Crippen LogP contribution is -2.09. The maximum Gasteiger partial charge on any atom is 0.127 e. The fourth-order valence-electron chi connectivity index (χ4n) is 2.67. The molecule has 0 amide bonds. The Bertz CT molecular complexity index is 662. The molecule has 20 heavy (non-hydrogen) atoms. The number of rotatable bonds is 2. The first-order chi connectivity index (χ1) is 9.65. The van der Waals surface area contributed by atoms with Gasteiger partial charge in [0.15, 0.2) is 0 Å². The average molecular weight is 266 g/mol. The first kappa shape index (κ1) is 12.7. The predicted octanol–water partition coefficient (Wildman–Crippen LogP) is 3.45. The zero-order valence-electron chi connectivity index (χ0n) is 11.7. The van der Waals surface area contributed by atoms with E-state index in [0.717, 1.165) is 28.8 Å². The van der Waals surface area contributed by atoms with E-state index < -0.39 is 0 Å². The zero-order valence-corrected chi connectivity index (χ0v) is 11.7. The van der Waals surface area contributed by atoms with Gasteiger partial charge in [0, 0.05) is 12.0 Å². The largest absolute Gasteiger partial charge is 0.507 e. The fraction of sp³-hybridized carbons (Fsp3) is 0.235. The smallest absolute Gasteiger partial charge is 0.127 e. The molecule has 1 aliphatic rings. The fourth-order valence-corrected chi connectivity index (χ4v) is 2.67. The highest BCUT2D eigenvalue weighted by atomic mass is 16.3. The molecule has 1 aliphatic heterocycles. The van der Waals surface area contributed by atoms with E-state index in [0.29, 0.717) is 5.75 Å². The van der Waals surface area contributed by atoms with E-state index in [1.165, 1.54) is 5.56 Å². The minimum absolute atomic E-state index is 0.186. The number of aryl methyl sites for hydroxylation is 2. The van der Waals surface area contributed by atoms with Gasteiger partial charge in [-0.1, -0.05) is 36.4 Å². The van der Waals surface area contributed by atoms with E-state index in [1.54, 1.807) is 0 Å². The van der Waals surface area contributed by atoms with Crippen LogP contribution >= 0.6 is 0 Å². The first-order valence-electron chi connectivity index (χ1n) is 6.83. The standard InChI is InChI=1S/C17H18N2O/c1-11-8-12(2)17(20)14(9-11)16-10-15(18-19-16)13-6-4-3-5-7-13/h3-9,15,18,20H,10H2,1-2H3/t15-/m0/s1. The van der Waals surface area contributed by atoms with E-state index >= 15 is 0 Å². The molecule has 1 heterocycles. The summed E-state index contributed by atoms with van der Waals surface area (Å²) in [6, 6.07) is 14.4. The van der Waals surface area contributed by atoms with Crippen LogP contribution in [0, 0.1) is 13.8 Å². The van der Waals surface area contributed by atoms with Crippen molar-refractivity contribution in [1.82, 2.24) is 5.43 Å². The van der Waals surface area contributed by atoms with Crippen molar-refractivity contribution in [3.05, 3.63) is 64.7 Å². The van der Waals surface area contributed by atoms with Gasteiger partial charge >= 0.3 is 0 Å². The van der Waals surface area contributed by atoms with Gasteiger partial charge in [-0.15, -0.1) is 0 Å². The molecule has 1 atom stereocenters. The van der Waals surface area contributed by atoms with Crippen LogP contribution in [0.15, 0.2) is 47.6 Å². The zero-order chi connectivity index (χ0) is 14.1. The molecule has 0 spiro atoms. The molecule has 0 saturated carbocycles. The van der Waals surface area contributed by atoms with E-state index in [4.69, 9.17) is 0 Å². The van der Waals surface area contributed by atoms with Gasteiger partial charge in [0.1, 0.15) is 5.75 Å². The summed E-state index contributed by atoms with van der Waals surface area (Å²) in [5.74, 6) is 0.338. The van der Waals surface area contributed by atoms with Crippen molar-refractivity contribution in [1.29, 1.82) is 0 Å². The maximum absolute atomic E-state index is 10.2. The van der Waals surface area contributed by atoms with E-state index in [2.05, 4.69) is 22.7 Å². The highest BCUT2D eigenvalue weighted by Gasteiger charge is 2.23. The minimum Gasteiger partial charge on any atom is -0.507 e. The second-order valence-corrected chi connectivity index (χ2v) is 5.33. The van der Waals surface area contributed by atoms with Crippen molar-refractivity contribution >= 4 is 5.71 Å². The molecule has 0 aromatic heterocycles. The Balaban J connectivity index is 1.88. The summed E-state index contributed by atoms with van der Waals surface area (Å²) in [6.45, 7) is 3.96. The molecule has 0 bridgehead atoms. The Kier molecular flexibility index (Phi) is 3.18. The van der Waals surface area contributed by atoms with Crippen LogP contribution in [0.5, 0.6) is 5.75 Å². The van der Waals surface area contributed by atoms with Gasteiger partial charge in [-0.05, 0) is 36.6 Å². The van der Waals surface area contributed by atoms with Crippen LogP contribution in [-0.2, 0) is 0 Å². The van der Waals surface area contributed by atoms with Crippen LogP contribution < -0.4 is 5.43 Å². The average Bonchev–Trinajstić information content (AvgIpc) is 2.93. The lowest BCUT2D eigenvalue weighted by Gasteiger charge is -2.11. The minimum atomic E-state index is 0.186. The highest BCUT2D eigenvalue weighted by Crippen LogP contribution is 2.30. The van der Waals surface area contributed by atoms with Gasteiger partial charge in [-0.25, -0.2) is 0 Å². The van der Waals surface area contributed by atoms with Crippen molar-refractivity contribution in [2.75, 3.05) is 0 Å². The van der Waals surface area contributed by atoms with Gasteiger partial charge in [0.25, 0.3) is 0 Å². The van der Waals surface area contributed by atoms with Crippen molar-refractivity contribution in [2.24, 2.45) is 5.10 Å². The van der Waals surface area contributed by atoms with Gasteiger partial charge in [-0.2, -0.15) is 5.10 Å². The Labute approximate surface area is 119 Å². The third-order valence-corrected chi connectivity index (χ3v) is 3.71. The Hall–Kier alpha value is -2.29. The molecule has 3 heteroatoms. The third-order valence-electron chi connectivity index (χ3n) is 3.71. The molecule has 2 N–H and O–H groups in total. The predicted molar refractivity (Wildman–Crippen MR) is 81.1 cm³/mol. The molecule has 0 unspecified atom stereocenters. The monoisotopic (exact) mass is 266 g/mol. The second-order valence-electron chi connectivity index (χ2n) is 5.33. The number of benzene rings is 2. The number of aromatic hydroxyl groups is 1. The van der Waals surface area contributed by atoms with Gasteiger partial charge in [0.2, 0.25) is 0 Å². The molecule has 2 aromatic carbocycles. The number of hydrazone groups is 1. The second kappa shape index (κ2) is 5.00. The lowest BCUT2D eigenvalue weighted by molar-refractivity contribution is 0.469. The quantitative estimate of drug-likeness (QED) is 0.874. The highest BCUT2D eigenvalue weighted by molar-refractivity contribution is 6.04. The first-order valence-corrected chi connectivity index (χ1v) is 6.83. The molecule has 0 aliphatic carbocycles. The number of nitrogens with one attached hydrogen (secondary N) is 1. The summed E-state index contributed by atoms with van der Waals surface area (Å²) < 4.78 is 0. The Morgan fingerprint density at radius 1 is 1.15 bits per heavy atom.